The molecule has 0 aromatic heterocycles. The van der Waals surface area contributed by atoms with Gasteiger partial charge in [0.25, 0.3) is 0 Å². The van der Waals surface area contributed by atoms with Gasteiger partial charge in [-0.15, -0.1) is 0 Å². The zero-order valence-electron chi connectivity index (χ0n) is 11.4. The molecule has 0 bridgehead atoms. The maximum absolute atomic E-state index is 3.70. The topological polar surface area (TPSA) is 0 Å². The summed E-state index contributed by atoms with van der Waals surface area (Å²) in [5.41, 5.74) is 4.74. The van der Waals surface area contributed by atoms with E-state index >= 15 is 0 Å². The van der Waals surface area contributed by atoms with Gasteiger partial charge in [-0.2, -0.15) is 0 Å². The first-order chi connectivity index (χ1) is 7.93. The Morgan fingerprint density at radius 2 is 1.94 bits per heavy atom. The molecule has 0 amide bonds. The molecule has 0 nitrogen and oxygen atoms in total. The summed E-state index contributed by atoms with van der Waals surface area (Å²) in [6, 6.07) is 7.03. The van der Waals surface area contributed by atoms with E-state index < -0.39 is 0 Å². The number of alkyl halides is 1. The maximum Gasteiger partial charge on any atom is 0.0103 e. The van der Waals surface area contributed by atoms with E-state index in [2.05, 4.69) is 61.8 Å². The van der Waals surface area contributed by atoms with Crippen molar-refractivity contribution in [3.8, 4) is 0 Å². The maximum atomic E-state index is 3.70. The second kappa shape index (κ2) is 4.76. The highest BCUT2D eigenvalue weighted by Crippen LogP contribution is 2.45. The Morgan fingerprint density at radius 1 is 1.29 bits per heavy atom. The molecule has 2 rings (SSSR count). The highest BCUT2D eigenvalue weighted by Gasteiger charge is 2.32. The van der Waals surface area contributed by atoms with Gasteiger partial charge in [-0.3, -0.25) is 0 Å². The molecule has 1 aliphatic rings. The average molecular weight is 295 g/mol. The fourth-order valence-electron chi connectivity index (χ4n) is 2.47. The van der Waals surface area contributed by atoms with E-state index in [1.165, 1.54) is 24.0 Å². The summed E-state index contributed by atoms with van der Waals surface area (Å²) >= 11 is 3.70. The van der Waals surface area contributed by atoms with E-state index in [1.807, 2.05) is 0 Å². The van der Waals surface area contributed by atoms with E-state index in [4.69, 9.17) is 0 Å². The third-order valence-corrected chi connectivity index (χ3v) is 4.60. The van der Waals surface area contributed by atoms with Gasteiger partial charge in [0.1, 0.15) is 0 Å². The summed E-state index contributed by atoms with van der Waals surface area (Å²) in [7, 11) is 0. The summed E-state index contributed by atoms with van der Waals surface area (Å²) in [6.45, 7) is 9.13. The fourth-order valence-corrected chi connectivity index (χ4v) is 3.35. The summed E-state index contributed by atoms with van der Waals surface area (Å²) < 4.78 is 0. The summed E-state index contributed by atoms with van der Waals surface area (Å²) in [5, 5.41) is 1.10. The van der Waals surface area contributed by atoms with Crippen molar-refractivity contribution in [2.45, 2.75) is 51.9 Å². The van der Waals surface area contributed by atoms with E-state index in [9.17, 15) is 0 Å². The van der Waals surface area contributed by atoms with Gasteiger partial charge in [-0.25, -0.2) is 0 Å². The highest BCUT2D eigenvalue weighted by atomic mass is 79.9. The van der Waals surface area contributed by atoms with Crippen LogP contribution in [0.15, 0.2) is 18.2 Å². The lowest BCUT2D eigenvalue weighted by molar-refractivity contribution is 0.585. The van der Waals surface area contributed by atoms with Gasteiger partial charge in [-0.1, -0.05) is 54.9 Å². The Bertz CT molecular complexity index is 396. The van der Waals surface area contributed by atoms with Crippen molar-refractivity contribution < 1.29 is 0 Å². The van der Waals surface area contributed by atoms with E-state index in [0.29, 0.717) is 0 Å². The van der Waals surface area contributed by atoms with E-state index in [-0.39, 0.29) is 5.41 Å². The number of hydrogen-bond acceptors (Lipinski definition) is 0. The van der Waals surface area contributed by atoms with E-state index in [0.717, 1.165) is 17.2 Å². The van der Waals surface area contributed by atoms with Crippen LogP contribution in [0.4, 0.5) is 0 Å². The summed E-state index contributed by atoms with van der Waals surface area (Å²) in [6.07, 6.45) is 2.82. The molecule has 1 heteroatoms. The summed E-state index contributed by atoms with van der Waals surface area (Å²) in [5.74, 6) is 1.64. The molecule has 17 heavy (non-hydrogen) atoms. The minimum Gasteiger partial charge on any atom is -0.0921 e. The minimum atomic E-state index is 0.253. The second-order valence-corrected chi connectivity index (χ2v) is 7.07. The van der Waals surface area contributed by atoms with Crippen LogP contribution in [0.25, 0.3) is 0 Å². The van der Waals surface area contributed by atoms with E-state index in [1.54, 1.807) is 5.56 Å². The van der Waals surface area contributed by atoms with Crippen LogP contribution in [-0.2, 0) is 5.41 Å². The number of benzene rings is 1. The van der Waals surface area contributed by atoms with Crippen LogP contribution in [0.3, 0.4) is 0 Å². The molecule has 94 valence electrons. The Balaban J connectivity index is 2.37. The summed E-state index contributed by atoms with van der Waals surface area (Å²) in [4.78, 5) is 0. The molecule has 0 N–H and O–H groups in total. The lowest BCUT2D eigenvalue weighted by atomic mass is 9.82. The molecule has 1 unspecified atom stereocenters. The SMILES string of the molecule is Cc1ccc(C(C)(C)C)cc1C(CBr)C1CC1. The molecule has 1 aromatic rings. The Kier molecular flexibility index (Phi) is 3.68. The molecule has 0 heterocycles. The van der Waals surface area contributed by atoms with Gasteiger partial charge in [-0.05, 0) is 53.7 Å². The monoisotopic (exact) mass is 294 g/mol. The van der Waals surface area contributed by atoms with Crippen LogP contribution in [0.1, 0.15) is 56.2 Å². The van der Waals surface area contributed by atoms with Crippen molar-refractivity contribution in [1.29, 1.82) is 0 Å². The van der Waals surface area contributed by atoms with Gasteiger partial charge >= 0.3 is 0 Å². The quantitative estimate of drug-likeness (QED) is 0.674. The highest BCUT2D eigenvalue weighted by molar-refractivity contribution is 9.09. The molecular weight excluding hydrogens is 272 g/mol. The predicted octanol–water partition coefficient (Wildman–Crippen LogP) is 5.18. The van der Waals surface area contributed by atoms with Crippen LogP contribution in [-0.4, -0.2) is 5.33 Å². The van der Waals surface area contributed by atoms with Gasteiger partial charge in [0.05, 0.1) is 0 Å². The van der Waals surface area contributed by atoms with Crippen LogP contribution in [0.2, 0.25) is 0 Å². The van der Waals surface area contributed by atoms with Gasteiger partial charge in [0.2, 0.25) is 0 Å². The zero-order valence-corrected chi connectivity index (χ0v) is 13.0. The van der Waals surface area contributed by atoms with Crippen LogP contribution >= 0.6 is 15.9 Å². The molecule has 0 spiro atoms. The van der Waals surface area contributed by atoms with Crippen molar-refractivity contribution >= 4 is 15.9 Å². The molecule has 0 aliphatic heterocycles. The Morgan fingerprint density at radius 3 is 2.41 bits per heavy atom. The average Bonchev–Trinajstić information content (AvgIpc) is 3.04. The predicted molar refractivity (Wildman–Crippen MR) is 79.1 cm³/mol. The molecule has 1 fully saturated rings. The molecule has 1 aromatic carbocycles. The lowest BCUT2D eigenvalue weighted by Gasteiger charge is -2.23. The Hall–Kier alpha value is -0.300. The third-order valence-electron chi connectivity index (χ3n) is 3.90. The van der Waals surface area contributed by atoms with Crippen molar-refractivity contribution in [1.82, 2.24) is 0 Å². The van der Waals surface area contributed by atoms with Crippen molar-refractivity contribution in [2.75, 3.05) is 5.33 Å². The zero-order chi connectivity index (χ0) is 12.6. The van der Waals surface area contributed by atoms with Crippen molar-refractivity contribution in [3.05, 3.63) is 34.9 Å². The van der Waals surface area contributed by atoms with Crippen molar-refractivity contribution in [3.63, 3.8) is 0 Å². The molecule has 0 radical (unpaired) electrons. The smallest absolute Gasteiger partial charge is 0.0103 e. The fraction of sp³-hybridized carbons (Fsp3) is 0.625. The van der Waals surface area contributed by atoms with Gasteiger partial charge in [0.15, 0.2) is 0 Å². The van der Waals surface area contributed by atoms with Crippen LogP contribution in [0.5, 0.6) is 0 Å². The lowest BCUT2D eigenvalue weighted by Crippen LogP contribution is -2.13. The Labute approximate surface area is 114 Å². The largest absolute Gasteiger partial charge is 0.0921 e. The first-order valence-electron chi connectivity index (χ1n) is 6.60. The third kappa shape index (κ3) is 2.93. The first kappa shape index (κ1) is 13.1. The number of rotatable bonds is 3. The number of halogens is 1. The molecule has 1 saturated carbocycles. The number of hydrogen-bond donors (Lipinski definition) is 0. The van der Waals surface area contributed by atoms with Gasteiger partial charge < -0.3 is 0 Å². The van der Waals surface area contributed by atoms with Crippen LogP contribution < -0.4 is 0 Å². The van der Waals surface area contributed by atoms with Crippen LogP contribution in [0, 0.1) is 12.8 Å². The van der Waals surface area contributed by atoms with Gasteiger partial charge in [0, 0.05) is 5.33 Å². The number of aryl methyl sites for hydroxylation is 1. The first-order valence-corrected chi connectivity index (χ1v) is 7.72. The second-order valence-electron chi connectivity index (χ2n) is 6.42. The molecule has 1 atom stereocenters. The minimum absolute atomic E-state index is 0.253. The molecule has 1 aliphatic carbocycles. The molecular formula is C16H23Br. The standard InChI is InChI=1S/C16H23Br/c1-11-5-8-13(16(2,3)4)9-14(11)15(10-17)12-6-7-12/h5,8-9,12,15H,6-7,10H2,1-4H3. The van der Waals surface area contributed by atoms with Crippen molar-refractivity contribution in [2.24, 2.45) is 5.92 Å². The molecule has 0 saturated heterocycles. The normalized spacial score (nSPS) is 18.2.